The largest absolute Gasteiger partial charge is 0.362 e. The molecule has 0 aliphatic carbocycles. The molecular formula is C13H20N2O. The predicted octanol–water partition coefficient (Wildman–Crippen LogP) is 1.96. The van der Waals surface area contributed by atoms with E-state index in [0.29, 0.717) is 13.1 Å². The van der Waals surface area contributed by atoms with Gasteiger partial charge in [-0.25, -0.2) is 0 Å². The van der Waals surface area contributed by atoms with E-state index < -0.39 is 0 Å². The molecule has 0 aromatic heterocycles. The summed E-state index contributed by atoms with van der Waals surface area (Å²) in [6.07, 6.45) is 0. The topological polar surface area (TPSA) is 32.3 Å². The van der Waals surface area contributed by atoms with Gasteiger partial charge in [-0.3, -0.25) is 4.79 Å². The van der Waals surface area contributed by atoms with Gasteiger partial charge in [0, 0.05) is 18.8 Å². The Bertz CT molecular complexity index is 350. The fraction of sp³-hybridized carbons (Fsp3) is 0.462. The summed E-state index contributed by atoms with van der Waals surface area (Å²) in [6.45, 7) is 8.00. The highest BCUT2D eigenvalue weighted by Gasteiger charge is 2.10. The molecule has 0 unspecified atom stereocenters. The highest BCUT2D eigenvalue weighted by molar-refractivity contribution is 5.81. The van der Waals surface area contributed by atoms with E-state index in [2.05, 4.69) is 36.2 Å². The van der Waals surface area contributed by atoms with Crippen LogP contribution in [0.4, 0.5) is 5.69 Å². The number of carbonyl (C=O) groups is 1. The van der Waals surface area contributed by atoms with Gasteiger partial charge in [0.2, 0.25) is 5.91 Å². The summed E-state index contributed by atoms with van der Waals surface area (Å²) in [5, 5.41) is 2.82. The number of aryl methyl sites for hydroxylation is 1. The van der Waals surface area contributed by atoms with Crippen molar-refractivity contribution in [3.63, 3.8) is 0 Å². The molecule has 0 saturated heterocycles. The number of nitrogens with zero attached hydrogens (tertiary/aromatic N) is 1. The highest BCUT2D eigenvalue weighted by Crippen LogP contribution is 2.18. The summed E-state index contributed by atoms with van der Waals surface area (Å²) < 4.78 is 0. The SMILES string of the molecule is CCNC(=O)CN(CC)c1ccccc1C. The number of hydrogen-bond acceptors (Lipinski definition) is 2. The van der Waals surface area contributed by atoms with Crippen LogP contribution in [0.2, 0.25) is 0 Å². The van der Waals surface area contributed by atoms with Crippen LogP contribution in [0.25, 0.3) is 0 Å². The van der Waals surface area contributed by atoms with Crippen LogP contribution in [0.15, 0.2) is 24.3 Å². The number of carbonyl (C=O) groups excluding carboxylic acids is 1. The van der Waals surface area contributed by atoms with Gasteiger partial charge in [0.25, 0.3) is 0 Å². The molecule has 0 aliphatic heterocycles. The number of nitrogens with one attached hydrogen (secondary N) is 1. The second kappa shape index (κ2) is 6.16. The maximum atomic E-state index is 11.5. The number of anilines is 1. The number of benzene rings is 1. The van der Waals surface area contributed by atoms with Gasteiger partial charge in [-0.2, -0.15) is 0 Å². The first-order valence-electron chi connectivity index (χ1n) is 5.76. The maximum absolute atomic E-state index is 11.5. The van der Waals surface area contributed by atoms with E-state index >= 15 is 0 Å². The molecule has 1 aromatic carbocycles. The summed E-state index contributed by atoms with van der Waals surface area (Å²) in [4.78, 5) is 13.6. The Morgan fingerprint density at radius 3 is 2.56 bits per heavy atom. The summed E-state index contributed by atoms with van der Waals surface area (Å²) in [7, 11) is 0. The lowest BCUT2D eigenvalue weighted by Crippen LogP contribution is -2.37. The van der Waals surface area contributed by atoms with Gasteiger partial charge < -0.3 is 10.2 Å². The molecule has 1 aromatic rings. The molecule has 3 nitrogen and oxygen atoms in total. The van der Waals surface area contributed by atoms with Crippen molar-refractivity contribution in [3.8, 4) is 0 Å². The van der Waals surface area contributed by atoms with E-state index in [1.165, 1.54) is 5.56 Å². The maximum Gasteiger partial charge on any atom is 0.239 e. The molecule has 16 heavy (non-hydrogen) atoms. The van der Waals surface area contributed by atoms with Crippen molar-refractivity contribution >= 4 is 11.6 Å². The minimum absolute atomic E-state index is 0.0765. The second-order valence-electron chi connectivity index (χ2n) is 3.75. The van der Waals surface area contributed by atoms with Crippen LogP contribution >= 0.6 is 0 Å². The summed E-state index contributed by atoms with van der Waals surface area (Å²) in [6, 6.07) is 8.13. The molecule has 0 atom stereocenters. The van der Waals surface area contributed by atoms with Gasteiger partial charge in [0.15, 0.2) is 0 Å². The van der Waals surface area contributed by atoms with Gasteiger partial charge in [0.05, 0.1) is 6.54 Å². The Labute approximate surface area is 97.5 Å². The standard InChI is InChI=1S/C13H20N2O/c1-4-14-13(16)10-15(5-2)12-9-7-6-8-11(12)3/h6-9H,4-5,10H2,1-3H3,(H,14,16). The summed E-state index contributed by atoms with van der Waals surface area (Å²) >= 11 is 0. The third-order valence-corrected chi connectivity index (χ3v) is 2.55. The van der Waals surface area contributed by atoms with E-state index in [1.54, 1.807) is 0 Å². The Morgan fingerprint density at radius 1 is 1.31 bits per heavy atom. The van der Waals surface area contributed by atoms with Gasteiger partial charge in [0.1, 0.15) is 0 Å². The quantitative estimate of drug-likeness (QED) is 0.822. The molecule has 1 rings (SSSR count). The normalized spacial score (nSPS) is 9.94. The molecular weight excluding hydrogens is 200 g/mol. The van der Waals surface area contributed by atoms with E-state index in [0.717, 1.165) is 12.2 Å². The van der Waals surface area contributed by atoms with Crippen LogP contribution in [0.3, 0.4) is 0 Å². The minimum Gasteiger partial charge on any atom is -0.362 e. The summed E-state index contributed by atoms with van der Waals surface area (Å²) in [5.41, 5.74) is 2.34. The van der Waals surface area contributed by atoms with Crippen molar-refractivity contribution < 1.29 is 4.79 Å². The van der Waals surface area contributed by atoms with Gasteiger partial charge >= 0.3 is 0 Å². The van der Waals surface area contributed by atoms with Gasteiger partial charge in [-0.1, -0.05) is 18.2 Å². The van der Waals surface area contributed by atoms with E-state index in [4.69, 9.17) is 0 Å². The number of rotatable bonds is 5. The first-order valence-corrected chi connectivity index (χ1v) is 5.76. The van der Waals surface area contributed by atoms with Gasteiger partial charge in [-0.05, 0) is 32.4 Å². The highest BCUT2D eigenvalue weighted by atomic mass is 16.2. The van der Waals surface area contributed by atoms with Crippen molar-refractivity contribution in [2.45, 2.75) is 20.8 Å². The predicted molar refractivity (Wildman–Crippen MR) is 67.7 cm³/mol. The molecule has 1 N–H and O–H groups in total. The van der Waals surface area contributed by atoms with E-state index in [9.17, 15) is 4.79 Å². The van der Waals surface area contributed by atoms with Crippen molar-refractivity contribution in [3.05, 3.63) is 29.8 Å². The number of amides is 1. The zero-order valence-corrected chi connectivity index (χ0v) is 10.3. The Kier molecular flexibility index (Phi) is 4.83. The third-order valence-electron chi connectivity index (χ3n) is 2.55. The van der Waals surface area contributed by atoms with Crippen LogP contribution in [-0.2, 0) is 4.79 Å². The molecule has 0 bridgehead atoms. The van der Waals surface area contributed by atoms with Crippen LogP contribution in [0.1, 0.15) is 19.4 Å². The van der Waals surface area contributed by atoms with E-state index in [-0.39, 0.29) is 5.91 Å². The first kappa shape index (κ1) is 12.6. The average Bonchev–Trinajstić information content (AvgIpc) is 2.27. The van der Waals surface area contributed by atoms with Crippen LogP contribution in [-0.4, -0.2) is 25.5 Å². The first-order chi connectivity index (χ1) is 7.69. The van der Waals surface area contributed by atoms with Crippen LogP contribution in [0.5, 0.6) is 0 Å². The summed E-state index contributed by atoms with van der Waals surface area (Å²) in [5.74, 6) is 0.0765. The number of hydrogen-bond donors (Lipinski definition) is 1. The molecule has 0 fully saturated rings. The lowest BCUT2D eigenvalue weighted by molar-refractivity contribution is -0.119. The smallest absolute Gasteiger partial charge is 0.239 e. The zero-order chi connectivity index (χ0) is 12.0. The lowest BCUT2D eigenvalue weighted by atomic mass is 10.2. The van der Waals surface area contributed by atoms with Crippen molar-refractivity contribution in [1.29, 1.82) is 0 Å². The Morgan fingerprint density at radius 2 is 2.00 bits per heavy atom. The fourth-order valence-corrected chi connectivity index (χ4v) is 1.71. The second-order valence-corrected chi connectivity index (χ2v) is 3.75. The minimum atomic E-state index is 0.0765. The molecule has 0 spiro atoms. The van der Waals surface area contributed by atoms with Crippen molar-refractivity contribution in [2.24, 2.45) is 0 Å². The van der Waals surface area contributed by atoms with Crippen molar-refractivity contribution in [2.75, 3.05) is 24.5 Å². The molecule has 0 radical (unpaired) electrons. The zero-order valence-electron chi connectivity index (χ0n) is 10.3. The Balaban J connectivity index is 2.75. The van der Waals surface area contributed by atoms with Gasteiger partial charge in [-0.15, -0.1) is 0 Å². The monoisotopic (exact) mass is 220 g/mol. The molecule has 0 saturated carbocycles. The van der Waals surface area contributed by atoms with Crippen molar-refractivity contribution in [1.82, 2.24) is 5.32 Å². The molecule has 0 heterocycles. The third kappa shape index (κ3) is 3.26. The average molecular weight is 220 g/mol. The lowest BCUT2D eigenvalue weighted by Gasteiger charge is -2.24. The fourth-order valence-electron chi connectivity index (χ4n) is 1.71. The molecule has 88 valence electrons. The molecule has 3 heteroatoms. The molecule has 1 amide bonds. The van der Waals surface area contributed by atoms with E-state index in [1.807, 2.05) is 19.1 Å². The van der Waals surface area contributed by atoms with Crippen LogP contribution in [0, 0.1) is 6.92 Å². The number of likely N-dealkylation sites (N-methyl/N-ethyl adjacent to an activating group) is 2. The Hall–Kier alpha value is -1.51. The number of para-hydroxylation sites is 1. The molecule has 0 aliphatic rings. The van der Waals surface area contributed by atoms with Crippen LogP contribution < -0.4 is 10.2 Å².